The second kappa shape index (κ2) is 6.41. The molecule has 7 nitrogen and oxygen atoms in total. The van der Waals surface area contributed by atoms with Gasteiger partial charge in [-0.3, -0.25) is 19.7 Å². The number of amides is 3. The third-order valence-electron chi connectivity index (χ3n) is 4.58. The molecule has 0 spiro atoms. The molecule has 1 atom stereocenters. The van der Waals surface area contributed by atoms with Crippen LogP contribution in [0.2, 0.25) is 0 Å². The van der Waals surface area contributed by atoms with Gasteiger partial charge >= 0.3 is 0 Å². The predicted molar refractivity (Wildman–Crippen MR) is 87.0 cm³/mol. The van der Waals surface area contributed by atoms with Crippen molar-refractivity contribution in [1.82, 2.24) is 15.5 Å². The number of nitrogens with zero attached hydrogens (tertiary/aromatic N) is 1. The van der Waals surface area contributed by atoms with Crippen LogP contribution in [0.1, 0.15) is 28.8 Å². The largest absolute Gasteiger partial charge is 0.487 e. The summed E-state index contributed by atoms with van der Waals surface area (Å²) in [5.74, 6) is -0.145. The van der Waals surface area contributed by atoms with Crippen LogP contribution in [0.25, 0.3) is 0 Å². The Morgan fingerprint density at radius 1 is 1.17 bits per heavy atom. The average Bonchev–Trinajstić information content (AvgIpc) is 2.81. The molecule has 1 aromatic rings. The molecule has 4 rings (SSSR count). The number of halogens is 1. The third-order valence-corrected chi connectivity index (χ3v) is 4.58. The molecular formula is C16H18ClN3O4. The number of imide groups is 1. The van der Waals surface area contributed by atoms with E-state index in [1.54, 1.807) is 17.0 Å². The van der Waals surface area contributed by atoms with Crippen LogP contribution in [0.4, 0.5) is 0 Å². The smallest absolute Gasteiger partial charge is 0.255 e. The van der Waals surface area contributed by atoms with Crippen molar-refractivity contribution < 1.29 is 19.1 Å². The highest BCUT2D eigenvalue weighted by Crippen LogP contribution is 2.34. The van der Waals surface area contributed by atoms with Gasteiger partial charge in [0.25, 0.3) is 5.91 Å². The van der Waals surface area contributed by atoms with E-state index in [9.17, 15) is 14.4 Å². The first kappa shape index (κ1) is 16.7. The van der Waals surface area contributed by atoms with Gasteiger partial charge in [-0.1, -0.05) is 6.07 Å². The molecule has 3 aliphatic rings. The molecule has 0 saturated carbocycles. The van der Waals surface area contributed by atoms with Crippen LogP contribution in [0.15, 0.2) is 18.2 Å². The number of carbonyl (C=O) groups excluding carboxylic acids is 3. The molecular weight excluding hydrogens is 334 g/mol. The van der Waals surface area contributed by atoms with Crippen molar-refractivity contribution >= 4 is 30.1 Å². The lowest BCUT2D eigenvalue weighted by molar-refractivity contribution is -0.136. The minimum absolute atomic E-state index is 0. The van der Waals surface area contributed by atoms with Crippen molar-refractivity contribution in [3.63, 3.8) is 0 Å². The maximum atomic E-state index is 12.6. The highest BCUT2D eigenvalue weighted by Gasteiger charge is 2.40. The summed E-state index contributed by atoms with van der Waals surface area (Å²) in [6.07, 6.45) is 0.752. The first-order chi connectivity index (χ1) is 11.1. The van der Waals surface area contributed by atoms with Gasteiger partial charge in [-0.05, 0) is 18.6 Å². The van der Waals surface area contributed by atoms with E-state index in [4.69, 9.17) is 4.74 Å². The summed E-state index contributed by atoms with van der Waals surface area (Å²) in [5, 5.41) is 5.45. The Morgan fingerprint density at radius 3 is 2.62 bits per heavy atom. The fourth-order valence-electron chi connectivity index (χ4n) is 3.19. The number of hydrogen-bond acceptors (Lipinski definition) is 5. The monoisotopic (exact) mass is 351 g/mol. The molecule has 1 unspecified atom stereocenters. The predicted octanol–water partition coefficient (Wildman–Crippen LogP) is 0.220. The van der Waals surface area contributed by atoms with Crippen molar-refractivity contribution in [3.8, 4) is 5.75 Å². The van der Waals surface area contributed by atoms with Gasteiger partial charge in [-0.2, -0.15) is 0 Å². The number of piperidine rings is 1. The Hall–Kier alpha value is -2.12. The first-order valence-electron chi connectivity index (χ1n) is 7.77. The van der Waals surface area contributed by atoms with Gasteiger partial charge in [0.1, 0.15) is 17.9 Å². The van der Waals surface area contributed by atoms with E-state index in [0.717, 1.165) is 18.7 Å². The SMILES string of the molecule is Cl.O=C1CCC(N2Cc3c(OC4CNC4)cccc3C2=O)C(=O)N1. The van der Waals surface area contributed by atoms with Crippen LogP contribution >= 0.6 is 12.4 Å². The Kier molecular flexibility index (Phi) is 4.47. The molecule has 24 heavy (non-hydrogen) atoms. The number of ether oxygens (including phenoxy) is 1. The molecule has 0 bridgehead atoms. The maximum absolute atomic E-state index is 12.6. The average molecular weight is 352 g/mol. The zero-order chi connectivity index (χ0) is 16.0. The fraction of sp³-hybridized carbons (Fsp3) is 0.438. The molecule has 8 heteroatoms. The quantitative estimate of drug-likeness (QED) is 0.761. The summed E-state index contributed by atoms with van der Waals surface area (Å²) in [6.45, 7) is 1.94. The van der Waals surface area contributed by atoms with Crippen molar-refractivity contribution in [1.29, 1.82) is 0 Å². The molecule has 0 aromatic heterocycles. The maximum Gasteiger partial charge on any atom is 0.255 e. The summed E-state index contributed by atoms with van der Waals surface area (Å²) in [5.41, 5.74) is 1.41. The van der Waals surface area contributed by atoms with Crippen LogP contribution in [-0.2, 0) is 16.1 Å². The molecule has 3 aliphatic heterocycles. The van der Waals surface area contributed by atoms with Crippen molar-refractivity contribution in [3.05, 3.63) is 29.3 Å². The topological polar surface area (TPSA) is 87.7 Å². The van der Waals surface area contributed by atoms with Gasteiger partial charge in [0.05, 0.1) is 6.54 Å². The lowest BCUT2D eigenvalue weighted by Crippen LogP contribution is -2.52. The Balaban J connectivity index is 0.00000169. The van der Waals surface area contributed by atoms with E-state index in [1.807, 2.05) is 6.07 Å². The van der Waals surface area contributed by atoms with E-state index in [0.29, 0.717) is 24.3 Å². The van der Waals surface area contributed by atoms with Crippen LogP contribution in [-0.4, -0.2) is 47.9 Å². The number of hydrogen-bond donors (Lipinski definition) is 2. The minimum atomic E-state index is -0.592. The molecule has 3 heterocycles. The Bertz CT molecular complexity index is 705. The second-order valence-electron chi connectivity index (χ2n) is 6.08. The summed E-state index contributed by atoms with van der Waals surface area (Å²) in [6, 6.07) is 4.82. The number of nitrogens with one attached hydrogen (secondary N) is 2. The summed E-state index contributed by atoms with van der Waals surface area (Å²) < 4.78 is 5.92. The van der Waals surface area contributed by atoms with Crippen LogP contribution in [0.5, 0.6) is 5.75 Å². The normalized spacial score (nSPS) is 23.2. The minimum Gasteiger partial charge on any atom is -0.487 e. The van der Waals surface area contributed by atoms with Crippen molar-refractivity contribution in [2.75, 3.05) is 13.1 Å². The lowest BCUT2D eigenvalue weighted by Gasteiger charge is -2.30. The zero-order valence-corrected chi connectivity index (χ0v) is 13.7. The van der Waals surface area contributed by atoms with Gasteiger partial charge in [0.15, 0.2) is 0 Å². The molecule has 3 amide bonds. The van der Waals surface area contributed by atoms with E-state index < -0.39 is 11.9 Å². The van der Waals surface area contributed by atoms with E-state index >= 15 is 0 Å². The lowest BCUT2D eigenvalue weighted by atomic mass is 10.0. The van der Waals surface area contributed by atoms with Gasteiger partial charge in [0, 0.05) is 30.6 Å². The van der Waals surface area contributed by atoms with Gasteiger partial charge in [-0.15, -0.1) is 12.4 Å². The van der Waals surface area contributed by atoms with Crippen LogP contribution < -0.4 is 15.4 Å². The molecule has 128 valence electrons. The second-order valence-corrected chi connectivity index (χ2v) is 6.08. The third kappa shape index (κ3) is 2.74. The Labute approximate surface area is 145 Å². The molecule has 1 aromatic carbocycles. The van der Waals surface area contributed by atoms with Crippen LogP contribution in [0.3, 0.4) is 0 Å². The highest BCUT2D eigenvalue weighted by atomic mass is 35.5. The Morgan fingerprint density at radius 2 is 1.96 bits per heavy atom. The summed E-state index contributed by atoms with van der Waals surface area (Å²) in [4.78, 5) is 37.5. The van der Waals surface area contributed by atoms with Gasteiger partial charge < -0.3 is 15.0 Å². The molecule has 2 N–H and O–H groups in total. The highest BCUT2D eigenvalue weighted by molar-refractivity contribution is 6.05. The van der Waals surface area contributed by atoms with Crippen molar-refractivity contribution in [2.24, 2.45) is 0 Å². The first-order valence-corrected chi connectivity index (χ1v) is 7.77. The molecule has 2 saturated heterocycles. The van der Waals surface area contributed by atoms with E-state index in [2.05, 4.69) is 10.6 Å². The van der Waals surface area contributed by atoms with Gasteiger partial charge in [-0.25, -0.2) is 0 Å². The van der Waals surface area contributed by atoms with Gasteiger partial charge in [0.2, 0.25) is 11.8 Å². The summed E-state index contributed by atoms with van der Waals surface area (Å²) in [7, 11) is 0. The van der Waals surface area contributed by atoms with E-state index in [-0.39, 0.29) is 36.7 Å². The standard InChI is InChI=1S/C16H17N3O4.ClH/c20-14-5-4-12(15(21)18-14)19-8-11-10(16(19)22)2-1-3-13(11)23-9-6-17-7-9;/h1-3,9,12,17H,4-8H2,(H,18,20,21);1H. The number of carbonyl (C=O) groups is 3. The zero-order valence-electron chi connectivity index (χ0n) is 12.9. The molecule has 0 radical (unpaired) electrons. The number of benzene rings is 1. The summed E-state index contributed by atoms with van der Waals surface area (Å²) >= 11 is 0. The van der Waals surface area contributed by atoms with Crippen molar-refractivity contribution in [2.45, 2.75) is 31.5 Å². The fourth-order valence-corrected chi connectivity index (χ4v) is 3.19. The van der Waals surface area contributed by atoms with E-state index in [1.165, 1.54) is 0 Å². The number of fused-ring (bicyclic) bond motifs is 1. The molecule has 0 aliphatic carbocycles. The molecule has 2 fully saturated rings. The number of rotatable bonds is 3. The van der Waals surface area contributed by atoms with Crippen LogP contribution in [0, 0.1) is 0 Å².